The molecule has 4 nitrogen and oxygen atoms in total. The van der Waals surface area contributed by atoms with Gasteiger partial charge in [-0.25, -0.2) is 4.68 Å². The predicted molar refractivity (Wildman–Crippen MR) is 57.1 cm³/mol. The molecule has 1 unspecified atom stereocenters. The quantitative estimate of drug-likeness (QED) is 0.708. The molecule has 0 saturated carbocycles. The van der Waals surface area contributed by atoms with Gasteiger partial charge in [0, 0.05) is 7.05 Å². The van der Waals surface area contributed by atoms with E-state index in [9.17, 15) is 5.11 Å². The Morgan fingerprint density at radius 1 is 1.33 bits per heavy atom. The van der Waals surface area contributed by atoms with Crippen molar-refractivity contribution in [2.75, 3.05) is 0 Å². The number of rotatable bonds is 1. The van der Waals surface area contributed by atoms with Crippen molar-refractivity contribution < 1.29 is 5.11 Å². The van der Waals surface area contributed by atoms with Gasteiger partial charge in [-0.2, -0.15) is 0 Å². The molecule has 1 N–H and O–H groups in total. The Morgan fingerprint density at radius 3 is 2.53 bits per heavy atom. The van der Waals surface area contributed by atoms with Crippen LogP contribution in [0.4, 0.5) is 0 Å². The zero-order valence-corrected chi connectivity index (χ0v) is 9.44. The summed E-state index contributed by atoms with van der Waals surface area (Å²) in [6.07, 6.45) is 7.25. The van der Waals surface area contributed by atoms with Crippen LogP contribution in [0.15, 0.2) is 18.3 Å². The van der Waals surface area contributed by atoms with Gasteiger partial charge in [0.1, 0.15) is 5.60 Å². The Morgan fingerprint density at radius 2 is 2.07 bits per heavy atom. The first kappa shape index (κ1) is 10.4. The predicted octanol–water partition coefficient (Wildman–Crippen LogP) is 1.38. The summed E-state index contributed by atoms with van der Waals surface area (Å²) in [5, 5.41) is 18.1. The first-order valence-electron chi connectivity index (χ1n) is 5.21. The lowest BCUT2D eigenvalue weighted by Gasteiger charge is -2.34. The van der Waals surface area contributed by atoms with Crippen molar-refractivity contribution in [3.63, 3.8) is 0 Å². The van der Waals surface area contributed by atoms with E-state index in [1.807, 2.05) is 6.08 Å². The number of aryl methyl sites for hydroxylation is 1. The van der Waals surface area contributed by atoms with E-state index < -0.39 is 5.60 Å². The Balaban J connectivity index is 2.35. The zero-order chi connectivity index (χ0) is 11.1. The van der Waals surface area contributed by atoms with E-state index in [0.717, 1.165) is 18.5 Å². The van der Waals surface area contributed by atoms with Crippen LogP contribution in [0.25, 0.3) is 0 Å². The Bertz CT molecular complexity index is 394. The maximum atomic E-state index is 10.5. The lowest BCUT2D eigenvalue weighted by atomic mass is 9.76. The molecule has 1 aromatic rings. The molecule has 1 aliphatic carbocycles. The van der Waals surface area contributed by atoms with Gasteiger partial charge in [0.2, 0.25) is 0 Å². The van der Waals surface area contributed by atoms with Gasteiger partial charge >= 0.3 is 0 Å². The third kappa shape index (κ3) is 1.81. The van der Waals surface area contributed by atoms with Gasteiger partial charge in [-0.15, -0.1) is 5.10 Å². The van der Waals surface area contributed by atoms with Crippen LogP contribution in [-0.2, 0) is 12.6 Å². The maximum Gasteiger partial charge on any atom is 0.126 e. The summed E-state index contributed by atoms with van der Waals surface area (Å²) in [6, 6.07) is 0. The average molecular weight is 207 g/mol. The third-order valence-corrected chi connectivity index (χ3v) is 3.12. The number of allylic oxidation sites excluding steroid dienone is 1. The fourth-order valence-corrected chi connectivity index (χ4v) is 1.94. The van der Waals surface area contributed by atoms with E-state index in [0.29, 0.717) is 0 Å². The van der Waals surface area contributed by atoms with E-state index in [2.05, 4.69) is 30.2 Å². The van der Waals surface area contributed by atoms with Gasteiger partial charge in [-0.05, 0) is 18.3 Å². The lowest BCUT2D eigenvalue weighted by Crippen LogP contribution is -2.31. The summed E-state index contributed by atoms with van der Waals surface area (Å²) in [4.78, 5) is 0. The average Bonchev–Trinajstić information content (AvgIpc) is 2.58. The monoisotopic (exact) mass is 207 g/mol. The summed E-state index contributed by atoms with van der Waals surface area (Å²) in [5.74, 6) is 0. The van der Waals surface area contributed by atoms with E-state index in [1.165, 1.54) is 0 Å². The standard InChI is InChI=1S/C11H17N3O/c1-10(2)4-6-11(15,7-5-10)9-8-12-13-14(9)3/h4,6,8,15H,5,7H2,1-3H3. The highest BCUT2D eigenvalue weighted by Crippen LogP contribution is 2.39. The van der Waals surface area contributed by atoms with Crippen LogP contribution in [0, 0.1) is 5.41 Å². The second-order valence-electron chi connectivity index (χ2n) is 4.99. The molecular formula is C11H17N3O. The van der Waals surface area contributed by atoms with Crippen molar-refractivity contribution in [1.29, 1.82) is 0 Å². The Labute approximate surface area is 89.6 Å². The molecular weight excluding hydrogens is 190 g/mol. The minimum absolute atomic E-state index is 0.179. The summed E-state index contributed by atoms with van der Waals surface area (Å²) in [5.41, 5.74) is 0.0423. The van der Waals surface area contributed by atoms with Gasteiger partial charge in [0.15, 0.2) is 0 Å². The van der Waals surface area contributed by atoms with Crippen molar-refractivity contribution in [2.24, 2.45) is 12.5 Å². The molecule has 1 aromatic heterocycles. The van der Waals surface area contributed by atoms with Crippen LogP contribution in [0.3, 0.4) is 0 Å². The molecule has 0 aliphatic heterocycles. The highest BCUT2D eigenvalue weighted by molar-refractivity contribution is 5.21. The number of aliphatic hydroxyl groups is 1. The molecule has 0 bridgehead atoms. The first-order chi connectivity index (χ1) is 6.93. The van der Waals surface area contributed by atoms with Crippen molar-refractivity contribution in [1.82, 2.24) is 15.0 Å². The Kier molecular flexibility index (Phi) is 2.19. The summed E-state index contributed by atoms with van der Waals surface area (Å²) in [6.45, 7) is 4.34. The second kappa shape index (κ2) is 3.17. The molecule has 0 amide bonds. The molecule has 4 heteroatoms. The van der Waals surface area contributed by atoms with Crippen LogP contribution in [0.5, 0.6) is 0 Å². The molecule has 0 fully saturated rings. The SMILES string of the molecule is Cn1nncc1C1(O)C=CC(C)(C)CC1. The topological polar surface area (TPSA) is 50.9 Å². The fraction of sp³-hybridized carbons (Fsp3) is 0.636. The van der Waals surface area contributed by atoms with Crippen molar-refractivity contribution in [2.45, 2.75) is 32.3 Å². The van der Waals surface area contributed by atoms with Crippen LogP contribution >= 0.6 is 0 Å². The molecule has 1 aliphatic rings. The number of nitrogens with zero attached hydrogens (tertiary/aromatic N) is 3. The Hall–Kier alpha value is -1.16. The third-order valence-electron chi connectivity index (χ3n) is 3.12. The summed E-state index contributed by atoms with van der Waals surface area (Å²) < 4.78 is 1.63. The van der Waals surface area contributed by atoms with Crippen molar-refractivity contribution in [3.8, 4) is 0 Å². The van der Waals surface area contributed by atoms with Crippen LogP contribution < -0.4 is 0 Å². The molecule has 1 atom stereocenters. The minimum atomic E-state index is -0.895. The minimum Gasteiger partial charge on any atom is -0.379 e. The van der Waals surface area contributed by atoms with Crippen molar-refractivity contribution >= 4 is 0 Å². The number of hydrogen-bond acceptors (Lipinski definition) is 3. The summed E-state index contributed by atoms with van der Waals surface area (Å²) >= 11 is 0. The van der Waals surface area contributed by atoms with Crippen molar-refractivity contribution in [3.05, 3.63) is 24.0 Å². The van der Waals surface area contributed by atoms with Gasteiger partial charge in [0.05, 0.1) is 11.9 Å². The van der Waals surface area contributed by atoms with Gasteiger partial charge in [-0.1, -0.05) is 31.2 Å². The highest BCUT2D eigenvalue weighted by atomic mass is 16.3. The van der Waals surface area contributed by atoms with Crippen LogP contribution in [-0.4, -0.2) is 20.1 Å². The smallest absolute Gasteiger partial charge is 0.126 e. The lowest BCUT2D eigenvalue weighted by molar-refractivity contribution is 0.0502. The maximum absolute atomic E-state index is 10.5. The summed E-state index contributed by atoms with van der Waals surface area (Å²) in [7, 11) is 1.80. The van der Waals surface area contributed by atoms with Gasteiger partial charge < -0.3 is 5.11 Å². The number of hydrogen-bond donors (Lipinski definition) is 1. The van der Waals surface area contributed by atoms with Crippen LogP contribution in [0.1, 0.15) is 32.4 Å². The second-order valence-corrected chi connectivity index (χ2v) is 4.99. The first-order valence-corrected chi connectivity index (χ1v) is 5.21. The molecule has 82 valence electrons. The fourth-order valence-electron chi connectivity index (χ4n) is 1.94. The normalized spacial score (nSPS) is 29.3. The number of aromatic nitrogens is 3. The van der Waals surface area contributed by atoms with E-state index in [1.54, 1.807) is 17.9 Å². The van der Waals surface area contributed by atoms with E-state index in [4.69, 9.17) is 0 Å². The van der Waals surface area contributed by atoms with E-state index in [-0.39, 0.29) is 5.41 Å². The molecule has 15 heavy (non-hydrogen) atoms. The molecule has 0 radical (unpaired) electrons. The molecule has 0 spiro atoms. The molecule has 1 heterocycles. The van der Waals surface area contributed by atoms with Gasteiger partial charge in [0.25, 0.3) is 0 Å². The zero-order valence-electron chi connectivity index (χ0n) is 9.44. The molecule has 0 aromatic carbocycles. The largest absolute Gasteiger partial charge is 0.379 e. The molecule has 0 saturated heterocycles. The van der Waals surface area contributed by atoms with Gasteiger partial charge in [-0.3, -0.25) is 0 Å². The highest BCUT2D eigenvalue weighted by Gasteiger charge is 2.35. The molecule has 2 rings (SSSR count). The van der Waals surface area contributed by atoms with E-state index >= 15 is 0 Å². The van der Waals surface area contributed by atoms with Crippen LogP contribution in [0.2, 0.25) is 0 Å².